The molecule has 0 fully saturated rings. The third-order valence-electron chi connectivity index (χ3n) is 1.27. The van der Waals surface area contributed by atoms with E-state index in [2.05, 4.69) is 5.48 Å². The lowest BCUT2D eigenvalue weighted by atomic mass is 10.2. The Labute approximate surface area is 54.1 Å². The van der Waals surface area contributed by atoms with Crippen molar-refractivity contribution in [2.45, 2.75) is 6.92 Å². The molecule has 0 saturated carbocycles. The molecule has 0 atom stereocenters. The maximum Gasteiger partial charge on any atom is 0.0631 e. The molecule has 1 aromatic carbocycles. The summed E-state index contributed by atoms with van der Waals surface area (Å²) in [6.07, 6.45) is 0. The maximum absolute atomic E-state index is 8.47. The van der Waals surface area contributed by atoms with E-state index in [-0.39, 0.29) is 0 Å². The molecule has 2 nitrogen and oxygen atoms in total. The molecule has 0 bridgehead atoms. The van der Waals surface area contributed by atoms with E-state index < -0.39 is 0 Å². The summed E-state index contributed by atoms with van der Waals surface area (Å²) in [4.78, 5) is 0. The third kappa shape index (κ3) is 1.21. The van der Waals surface area contributed by atoms with Gasteiger partial charge in [0.05, 0.1) is 5.69 Å². The van der Waals surface area contributed by atoms with Crippen molar-refractivity contribution < 1.29 is 5.21 Å². The number of rotatable bonds is 1. The molecule has 1 rings (SSSR count). The Morgan fingerprint density at radius 3 is 2.44 bits per heavy atom. The van der Waals surface area contributed by atoms with Crippen molar-refractivity contribution in [2.75, 3.05) is 5.48 Å². The average molecular weight is 123 g/mol. The van der Waals surface area contributed by atoms with Crippen LogP contribution in [0.4, 0.5) is 5.69 Å². The fourth-order valence-corrected chi connectivity index (χ4v) is 0.698. The monoisotopic (exact) mass is 123 g/mol. The highest BCUT2D eigenvalue weighted by molar-refractivity contribution is 5.47. The van der Waals surface area contributed by atoms with Gasteiger partial charge in [-0.2, -0.15) is 0 Å². The van der Waals surface area contributed by atoms with E-state index in [1.807, 2.05) is 31.2 Å². The smallest absolute Gasteiger partial charge is 0.0631 e. The van der Waals surface area contributed by atoms with E-state index in [4.69, 9.17) is 5.21 Å². The van der Waals surface area contributed by atoms with Gasteiger partial charge in [0.2, 0.25) is 0 Å². The topological polar surface area (TPSA) is 32.3 Å². The van der Waals surface area contributed by atoms with Gasteiger partial charge in [0.15, 0.2) is 0 Å². The van der Waals surface area contributed by atoms with Gasteiger partial charge in [0.1, 0.15) is 0 Å². The number of hydrogen-bond donors (Lipinski definition) is 2. The van der Waals surface area contributed by atoms with Crippen LogP contribution < -0.4 is 5.48 Å². The first kappa shape index (κ1) is 6.11. The molecule has 2 heteroatoms. The molecule has 0 heterocycles. The van der Waals surface area contributed by atoms with Crippen molar-refractivity contribution in [3.63, 3.8) is 0 Å². The van der Waals surface area contributed by atoms with Crippen LogP contribution in [0.15, 0.2) is 24.3 Å². The molecule has 0 spiro atoms. The standard InChI is InChI=1S/C7H9NO/c1-6-4-2-3-5-7(6)8-9/h2-5,8-9H,1H3. The number of nitrogens with one attached hydrogen (secondary N) is 1. The van der Waals surface area contributed by atoms with Gasteiger partial charge in [0, 0.05) is 0 Å². The second-order valence-electron chi connectivity index (χ2n) is 1.93. The van der Waals surface area contributed by atoms with Crippen LogP contribution in [0, 0.1) is 6.92 Å². The highest BCUT2D eigenvalue weighted by Gasteiger charge is 1.89. The first-order chi connectivity index (χ1) is 4.34. The van der Waals surface area contributed by atoms with E-state index in [0.717, 1.165) is 11.3 Å². The molecule has 9 heavy (non-hydrogen) atoms. The normalized spacial score (nSPS) is 9.11. The molecule has 0 amide bonds. The number of anilines is 1. The Morgan fingerprint density at radius 2 is 2.00 bits per heavy atom. The lowest BCUT2D eigenvalue weighted by Gasteiger charge is -1.99. The summed E-state index contributed by atoms with van der Waals surface area (Å²) in [6.45, 7) is 1.93. The molecule has 0 aromatic heterocycles. The minimum Gasteiger partial charge on any atom is -0.291 e. The van der Waals surface area contributed by atoms with E-state index in [0.29, 0.717) is 0 Å². The quantitative estimate of drug-likeness (QED) is 0.558. The predicted octanol–water partition coefficient (Wildman–Crippen LogP) is 1.80. The van der Waals surface area contributed by atoms with Gasteiger partial charge in [-0.3, -0.25) is 10.7 Å². The Bertz CT molecular complexity index is 198. The van der Waals surface area contributed by atoms with Crippen LogP contribution in [-0.4, -0.2) is 5.21 Å². The third-order valence-corrected chi connectivity index (χ3v) is 1.27. The van der Waals surface area contributed by atoms with Crippen LogP contribution in [-0.2, 0) is 0 Å². The molecule has 0 unspecified atom stereocenters. The van der Waals surface area contributed by atoms with E-state index in [1.165, 1.54) is 0 Å². The SMILES string of the molecule is Cc1ccccc1NO. The largest absolute Gasteiger partial charge is 0.291 e. The molecular formula is C7H9NO. The second kappa shape index (κ2) is 2.51. The Morgan fingerprint density at radius 1 is 1.33 bits per heavy atom. The summed E-state index contributed by atoms with van der Waals surface area (Å²) >= 11 is 0. The Balaban J connectivity index is 3.01. The summed E-state index contributed by atoms with van der Waals surface area (Å²) in [6, 6.07) is 7.54. The van der Waals surface area contributed by atoms with Crippen molar-refractivity contribution in [3.8, 4) is 0 Å². The lowest BCUT2D eigenvalue weighted by molar-refractivity contribution is 0.388. The zero-order valence-electron chi connectivity index (χ0n) is 5.26. The number of benzene rings is 1. The van der Waals surface area contributed by atoms with Crippen LogP contribution in [0.25, 0.3) is 0 Å². The highest BCUT2D eigenvalue weighted by atomic mass is 16.5. The molecular weight excluding hydrogens is 114 g/mol. The molecule has 0 aliphatic rings. The number of para-hydroxylation sites is 1. The first-order valence-corrected chi connectivity index (χ1v) is 2.80. The fraction of sp³-hybridized carbons (Fsp3) is 0.143. The van der Waals surface area contributed by atoms with Gasteiger partial charge in [-0.15, -0.1) is 0 Å². The van der Waals surface area contributed by atoms with Crippen LogP contribution >= 0.6 is 0 Å². The molecule has 2 N–H and O–H groups in total. The fourth-order valence-electron chi connectivity index (χ4n) is 0.698. The highest BCUT2D eigenvalue weighted by Crippen LogP contribution is 2.10. The van der Waals surface area contributed by atoms with Crippen molar-refractivity contribution >= 4 is 5.69 Å². The van der Waals surface area contributed by atoms with E-state index in [1.54, 1.807) is 0 Å². The van der Waals surface area contributed by atoms with Crippen LogP contribution in [0.2, 0.25) is 0 Å². The van der Waals surface area contributed by atoms with Crippen molar-refractivity contribution in [1.82, 2.24) is 0 Å². The minimum absolute atomic E-state index is 0.762. The van der Waals surface area contributed by atoms with Gasteiger partial charge in [-0.05, 0) is 18.6 Å². The molecule has 0 saturated heterocycles. The van der Waals surface area contributed by atoms with Crippen LogP contribution in [0.1, 0.15) is 5.56 Å². The minimum atomic E-state index is 0.762. The Kier molecular flexibility index (Phi) is 1.70. The lowest BCUT2D eigenvalue weighted by Crippen LogP contribution is -1.90. The molecule has 48 valence electrons. The van der Waals surface area contributed by atoms with E-state index >= 15 is 0 Å². The predicted molar refractivity (Wildman–Crippen MR) is 36.6 cm³/mol. The molecule has 0 radical (unpaired) electrons. The maximum atomic E-state index is 8.47. The molecule has 1 aromatic rings. The molecule has 0 aliphatic carbocycles. The van der Waals surface area contributed by atoms with Crippen molar-refractivity contribution in [3.05, 3.63) is 29.8 Å². The van der Waals surface area contributed by atoms with Crippen molar-refractivity contribution in [2.24, 2.45) is 0 Å². The van der Waals surface area contributed by atoms with Crippen LogP contribution in [0.5, 0.6) is 0 Å². The second-order valence-corrected chi connectivity index (χ2v) is 1.93. The summed E-state index contributed by atoms with van der Waals surface area (Å²) in [7, 11) is 0. The summed E-state index contributed by atoms with van der Waals surface area (Å²) < 4.78 is 0. The van der Waals surface area contributed by atoms with Crippen molar-refractivity contribution in [1.29, 1.82) is 0 Å². The van der Waals surface area contributed by atoms with Crippen LogP contribution in [0.3, 0.4) is 0 Å². The first-order valence-electron chi connectivity index (χ1n) is 2.80. The Hall–Kier alpha value is -1.02. The van der Waals surface area contributed by atoms with E-state index in [9.17, 15) is 0 Å². The zero-order valence-corrected chi connectivity index (χ0v) is 5.26. The summed E-state index contributed by atoms with van der Waals surface area (Å²) in [5.74, 6) is 0. The van der Waals surface area contributed by atoms with Gasteiger partial charge < -0.3 is 0 Å². The molecule has 0 aliphatic heterocycles. The number of aryl methyl sites for hydroxylation is 1. The number of hydrogen-bond acceptors (Lipinski definition) is 2. The summed E-state index contributed by atoms with van der Waals surface area (Å²) in [5, 5.41) is 8.47. The van der Waals surface area contributed by atoms with Gasteiger partial charge in [-0.1, -0.05) is 18.2 Å². The summed E-state index contributed by atoms with van der Waals surface area (Å²) in [5.41, 5.74) is 3.90. The van der Waals surface area contributed by atoms with Gasteiger partial charge >= 0.3 is 0 Å². The zero-order chi connectivity index (χ0) is 6.69. The average Bonchev–Trinajstić information content (AvgIpc) is 1.89. The van der Waals surface area contributed by atoms with Gasteiger partial charge in [-0.25, -0.2) is 0 Å². The van der Waals surface area contributed by atoms with Gasteiger partial charge in [0.25, 0.3) is 0 Å².